The summed E-state index contributed by atoms with van der Waals surface area (Å²) < 4.78 is 11.2. The van der Waals surface area contributed by atoms with Crippen LogP contribution in [0.25, 0.3) is 0 Å². The Morgan fingerprint density at radius 2 is 2.00 bits per heavy atom. The van der Waals surface area contributed by atoms with E-state index in [1.165, 1.54) is 0 Å². The number of hydrogen-bond acceptors (Lipinski definition) is 3. The minimum atomic E-state index is 0.567. The van der Waals surface area contributed by atoms with Gasteiger partial charge in [0.25, 0.3) is 0 Å². The van der Waals surface area contributed by atoms with E-state index in [2.05, 4.69) is 19.9 Å². The molecule has 0 aliphatic heterocycles. The molecule has 3 heteroatoms. The monoisotopic (exact) mass is 247 g/mol. The number of nitriles is 1. The van der Waals surface area contributed by atoms with E-state index in [-0.39, 0.29) is 0 Å². The quantitative estimate of drug-likeness (QED) is 0.689. The molecule has 0 saturated heterocycles. The Kier molecular flexibility index (Phi) is 6.07. The standard InChI is InChI=1S/C15H21NO2/c1-4-17-15-10-13(11-16)7-8-14(15)18-9-5-6-12(2)3/h7-8,10,12H,4-6,9H2,1-3H3. The second kappa shape index (κ2) is 7.60. The van der Waals surface area contributed by atoms with Crippen LogP contribution in [-0.2, 0) is 0 Å². The van der Waals surface area contributed by atoms with Crippen molar-refractivity contribution in [1.82, 2.24) is 0 Å². The first-order valence-electron chi connectivity index (χ1n) is 6.47. The summed E-state index contributed by atoms with van der Waals surface area (Å²) in [6.07, 6.45) is 2.18. The highest BCUT2D eigenvalue weighted by Gasteiger charge is 2.06. The third kappa shape index (κ3) is 4.67. The van der Waals surface area contributed by atoms with Crippen molar-refractivity contribution in [3.05, 3.63) is 23.8 Å². The van der Waals surface area contributed by atoms with Crippen molar-refractivity contribution in [1.29, 1.82) is 5.26 Å². The van der Waals surface area contributed by atoms with Crippen LogP contribution in [0.1, 0.15) is 39.2 Å². The number of hydrogen-bond donors (Lipinski definition) is 0. The molecule has 0 heterocycles. The lowest BCUT2D eigenvalue weighted by Crippen LogP contribution is -2.02. The molecule has 0 radical (unpaired) electrons. The van der Waals surface area contributed by atoms with E-state index in [0.29, 0.717) is 30.4 Å². The molecule has 0 N–H and O–H groups in total. The predicted octanol–water partition coefficient (Wildman–Crippen LogP) is 3.77. The highest BCUT2D eigenvalue weighted by Crippen LogP contribution is 2.28. The number of nitrogens with zero attached hydrogens (tertiary/aromatic N) is 1. The van der Waals surface area contributed by atoms with Crippen LogP contribution >= 0.6 is 0 Å². The molecular weight excluding hydrogens is 226 g/mol. The van der Waals surface area contributed by atoms with Crippen molar-refractivity contribution in [2.45, 2.75) is 33.6 Å². The number of rotatable bonds is 7. The highest BCUT2D eigenvalue weighted by atomic mass is 16.5. The molecule has 18 heavy (non-hydrogen) atoms. The van der Waals surface area contributed by atoms with E-state index in [4.69, 9.17) is 14.7 Å². The Hall–Kier alpha value is -1.69. The lowest BCUT2D eigenvalue weighted by molar-refractivity contribution is 0.267. The molecule has 0 amide bonds. The molecule has 0 unspecified atom stereocenters. The van der Waals surface area contributed by atoms with Crippen LogP contribution in [0.4, 0.5) is 0 Å². The zero-order valence-electron chi connectivity index (χ0n) is 11.4. The van der Waals surface area contributed by atoms with Gasteiger partial charge in [-0.15, -0.1) is 0 Å². The van der Waals surface area contributed by atoms with Gasteiger partial charge in [0.2, 0.25) is 0 Å². The molecule has 0 aliphatic rings. The molecule has 1 rings (SSSR count). The second-order valence-corrected chi connectivity index (χ2v) is 4.59. The molecule has 0 spiro atoms. The Morgan fingerprint density at radius 3 is 2.61 bits per heavy atom. The molecule has 0 saturated carbocycles. The largest absolute Gasteiger partial charge is 0.490 e. The van der Waals surface area contributed by atoms with Crippen LogP contribution in [0.2, 0.25) is 0 Å². The molecule has 0 bridgehead atoms. The molecule has 1 aromatic carbocycles. The summed E-state index contributed by atoms with van der Waals surface area (Å²) in [5.74, 6) is 2.07. The summed E-state index contributed by atoms with van der Waals surface area (Å²) in [4.78, 5) is 0. The van der Waals surface area contributed by atoms with E-state index >= 15 is 0 Å². The van der Waals surface area contributed by atoms with Gasteiger partial charge in [0.15, 0.2) is 11.5 Å². The number of benzene rings is 1. The fourth-order valence-corrected chi connectivity index (χ4v) is 1.64. The first-order valence-corrected chi connectivity index (χ1v) is 6.47. The lowest BCUT2D eigenvalue weighted by Gasteiger charge is -2.12. The second-order valence-electron chi connectivity index (χ2n) is 4.59. The van der Waals surface area contributed by atoms with E-state index in [0.717, 1.165) is 18.6 Å². The van der Waals surface area contributed by atoms with Crippen LogP contribution in [0.3, 0.4) is 0 Å². The highest BCUT2D eigenvalue weighted by molar-refractivity contribution is 5.46. The summed E-state index contributed by atoms with van der Waals surface area (Å²) in [5.41, 5.74) is 0.591. The van der Waals surface area contributed by atoms with Crippen molar-refractivity contribution in [2.24, 2.45) is 5.92 Å². The first kappa shape index (κ1) is 14.4. The van der Waals surface area contributed by atoms with Crippen molar-refractivity contribution >= 4 is 0 Å². The van der Waals surface area contributed by atoms with E-state index < -0.39 is 0 Å². The molecular formula is C15H21NO2. The molecule has 98 valence electrons. The maximum absolute atomic E-state index is 8.85. The summed E-state index contributed by atoms with van der Waals surface area (Å²) in [6, 6.07) is 7.38. The molecule has 1 aromatic rings. The van der Waals surface area contributed by atoms with E-state index in [9.17, 15) is 0 Å². The van der Waals surface area contributed by atoms with Gasteiger partial charge in [-0.2, -0.15) is 5.26 Å². The molecule has 3 nitrogen and oxygen atoms in total. The van der Waals surface area contributed by atoms with Gasteiger partial charge in [0, 0.05) is 6.07 Å². The van der Waals surface area contributed by atoms with Crippen LogP contribution < -0.4 is 9.47 Å². The van der Waals surface area contributed by atoms with Gasteiger partial charge in [-0.05, 0) is 37.8 Å². The fourth-order valence-electron chi connectivity index (χ4n) is 1.64. The average molecular weight is 247 g/mol. The smallest absolute Gasteiger partial charge is 0.162 e. The summed E-state index contributed by atoms with van der Waals surface area (Å²) >= 11 is 0. The SMILES string of the molecule is CCOc1cc(C#N)ccc1OCCCC(C)C. The maximum Gasteiger partial charge on any atom is 0.162 e. The van der Waals surface area contributed by atoms with Gasteiger partial charge in [0.05, 0.1) is 24.8 Å². The van der Waals surface area contributed by atoms with Crippen LogP contribution in [0.5, 0.6) is 11.5 Å². The first-order chi connectivity index (χ1) is 8.67. The zero-order valence-corrected chi connectivity index (χ0v) is 11.4. The summed E-state index contributed by atoms with van der Waals surface area (Å²) in [6.45, 7) is 7.57. The Labute approximate surface area is 109 Å². The number of ether oxygens (including phenoxy) is 2. The van der Waals surface area contributed by atoms with Gasteiger partial charge in [0.1, 0.15) is 0 Å². The fraction of sp³-hybridized carbons (Fsp3) is 0.533. The van der Waals surface area contributed by atoms with E-state index in [1.54, 1.807) is 18.2 Å². The Bertz CT molecular complexity index is 407. The molecule has 0 fully saturated rings. The van der Waals surface area contributed by atoms with Crippen molar-refractivity contribution < 1.29 is 9.47 Å². The van der Waals surface area contributed by atoms with Gasteiger partial charge < -0.3 is 9.47 Å². The lowest BCUT2D eigenvalue weighted by atomic mass is 10.1. The minimum absolute atomic E-state index is 0.567. The third-order valence-corrected chi connectivity index (χ3v) is 2.56. The van der Waals surface area contributed by atoms with Crippen molar-refractivity contribution in [2.75, 3.05) is 13.2 Å². The van der Waals surface area contributed by atoms with Gasteiger partial charge in [-0.25, -0.2) is 0 Å². The van der Waals surface area contributed by atoms with Gasteiger partial charge >= 0.3 is 0 Å². The van der Waals surface area contributed by atoms with Crippen LogP contribution in [-0.4, -0.2) is 13.2 Å². The van der Waals surface area contributed by atoms with E-state index in [1.807, 2.05) is 6.92 Å². The summed E-state index contributed by atoms with van der Waals surface area (Å²) in [7, 11) is 0. The van der Waals surface area contributed by atoms with Crippen molar-refractivity contribution in [3.8, 4) is 17.6 Å². The Balaban J connectivity index is 2.61. The maximum atomic E-state index is 8.85. The van der Waals surface area contributed by atoms with Crippen LogP contribution in [0, 0.1) is 17.2 Å². The summed E-state index contributed by atoms with van der Waals surface area (Å²) in [5, 5.41) is 8.85. The normalized spacial score (nSPS) is 10.2. The third-order valence-electron chi connectivity index (χ3n) is 2.56. The van der Waals surface area contributed by atoms with Crippen LogP contribution in [0.15, 0.2) is 18.2 Å². The van der Waals surface area contributed by atoms with Crippen molar-refractivity contribution in [3.63, 3.8) is 0 Å². The minimum Gasteiger partial charge on any atom is -0.490 e. The van der Waals surface area contributed by atoms with Gasteiger partial charge in [-0.3, -0.25) is 0 Å². The molecule has 0 atom stereocenters. The van der Waals surface area contributed by atoms with Gasteiger partial charge in [-0.1, -0.05) is 13.8 Å². The predicted molar refractivity (Wildman–Crippen MR) is 71.9 cm³/mol. The topological polar surface area (TPSA) is 42.2 Å². The molecule has 0 aromatic heterocycles. The molecule has 0 aliphatic carbocycles. The Morgan fingerprint density at radius 1 is 1.22 bits per heavy atom. The average Bonchev–Trinajstić information content (AvgIpc) is 2.36. The zero-order chi connectivity index (χ0) is 13.4.